The van der Waals surface area contributed by atoms with Gasteiger partial charge in [0.2, 0.25) is 0 Å². The van der Waals surface area contributed by atoms with Crippen molar-refractivity contribution in [1.29, 1.82) is 0 Å². The molecule has 1 aromatic heterocycles. The number of nitrogens with zero attached hydrogens (tertiary/aromatic N) is 5. The summed E-state index contributed by atoms with van der Waals surface area (Å²) in [6, 6.07) is 9.41. The average Bonchev–Trinajstić information content (AvgIpc) is 3.27. The Bertz CT molecular complexity index is 619. The van der Waals surface area contributed by atoms with Crippen molar-refractivity contribution >= 4 is 17.3 Å². The van der Waals surface area contributed by atoms with Gasteiger partial charge in [-0.2, -0.15) is 5.10 Å². The summed E-state index contributed by atoms with van der Waals surface area (Å²) in [6.07, 6.45) is 7.17. The summed E-state index contributed by atoms with van der Waals surface area (Å²) in [6.45, 7) is 4.45. The van der Waals surface area contributed by atoms with Gasteiger partial charge in [0, 0.05) is 42.9 Å². The third kappa shape index (κ3) is 3.21. The number of halogens is 1. The lowest BCUT2D eigenvalue weighted by molar-refractivity contribution is 0.183. The third-order valence-electron chi connectivity index (χ3n) is 5.21. The fourth-order valence-corrected chi connectivity index (χ4v) is 4.04. The summed E-state index contributed by atoms with van der Waals surface area (Å²) in [7, 11) is 0. The van der Waals surface area contributed by atoms with E-state index in [2.05, 4.69) is 32.0 Å². The van der Waals surface area contributed by atoms with Gasteiger partial charge < -0.3 is 4.90 Å². The molecular weight excluding hydrogens is 310 g/mol. The second-order valence-corrected chi connectivity index (χ2v) is 6.93. The van der Waals surface area contributed by atoms with Crippen molar-refractivity contribution in [3.8, 4) is 0 Å². The molecule has 1 saturated heterocycles. The van der Waals surface area contributed by atoms with E-state index in [1.165, 1.54) is 24.9 Å². The van der Waals surface area contributed by atoms with E-state index in [0.29, 0.717) is 12.1 Å². The molecule has 0 radical (unpaired) electrons. The molecule has 2 fully saturated rings. The van der Waals surface area contributed by atoms with Crippen LogP contribution >= 0.6 is 11.6 Å². The van der Waals surface area contributed by atoms with Crippen LogP contribution in [0.3, 0.4) is 0 Å². The van der Waals surface area contributed by atoms with Gasteiger partial charge in [0.05, 0.1) is 6.04 Å². The molecule has 2 atom stereocenters. The van der Waals surface area contributed by atoms with E-state index in [9.17, 15) is 0 Å². The molecule has 1 saturated carbocycles. The minimum Gasteiger partial charge on any atom is -0.369 e. The highest BCUT2D eigenvalue weighted by Crippen LogP contribution is 2.33. The summed E-state index contributed by atoms with van der Waals surface area (Å²) in [5.74, 6) is 0. The molecule has 1 aliphatic heterocycles. The lowest BCUT2D eigenvalue weighted by atomic mass is 10.1. The molecule has 0 spiro atoms. The summed E-state index contributed by atoms with van der Waals surface area (Å²) >= 11 is 5.98. The Balaban J connectivity index is 1.32. The van der Waals surface area contributed by atoms with Crippen molar-refractivity contribution < 1.29 is 0 Å². The van der Waals surface area contributed by atoms with Crippen molar-refractivity contribution in [2.75, 3.05) is 31.1 Å². The zero-order chi connectivity index (χ0) is 15.6. The molecule has 0 unspecified atom stereocenters. The molecule has 2 aromatic rings. The van der Waals surface area contributed by atoms with Crippen LogP contribution in [-0.4, -0.2) is 51.9 Å². The number of benzene rings is 1. The Morgan fingerprint density at radius 3 is 2.39 bits per heavy atom. The van der Waals surface area contributed by atoms with Crippen molar-refractivity contribution in [2.45, 2.75) is 31.3 Å². The number of hydrogen-bond acceptors (Lipinski definition) is 4. The van der Waals surface area contributed by atoms with Crippen LogP contribution in [0.1, 0.15) is 25.3 Å². The van der Waals surface area contributed by atoms with Gasteiger partial charge in [0.15, 0.2) is 0 Å². The first-order chi connectivity index (χ1) is 11.3. The van der Waals surface area contributed by atoms with E-state index in [-0.39, 0.29) is 0 Å². The quantitative estimate of drug-likeness (QED) is 0.866. The van der Waals surface area contributed by atoms with E-state index in [1.807, 2.05) is 23.1 Å². The standard InChI is InChI=1S/C17H22ClN5/c18-14-1-3-15(4-2-14)21-7-9-22(10-8-21)16-5-6-17(11-16)23-13-19-12-20-23/h1-4,12-13,16-17H,5-11H2/t16-,17-/m0/s1. The normalized spacial score (nSPS) is 25.9. The maximum Gasteiger partial charge on any atom is 0.137 e. The molecule has 2 heterocycles. The summed E-state index contributed by atoms with van der Waals surface area (Å²) in [5, 5.41) is 5.11. The monoisotopic (exact) mass is 331 g/mol. The van der Waals surface area contributed by atoms with Crippen molar-refractivity contribution in [1.82, 2.24) is 19.7 Å². The number of anilines is 1. The first kappa shape index (κ1) is 15.0. The Morgan fingerprint density at radius 1 is 0.957 bits per heavy atom. The SMILES string of the molecule is Clc1ccc(N2CCN([C@H]3CC[C@H](n4cncn4)C3)CC2)cc1. The molecule has 2 aliphatic rings. The highest BCUT2D eigenvalue weighted by atomic mass is 35.5. The zero-order valence-electron chi connectivity index (χ0n) is 13.2. The molecule has 122 valence electrons. The number of hydrogen-bond donors (Lipinski definition) is 0. The largest absolute Gasteiger partial charge is 0.369 e. The summed E-state index contributed by atoms with van der Waals surface area (Å²) in [4.78, 5) is 9.19. The maximum atomic E-state index is 5.98. The Morgan fingerprint density at radius 2 is 1.70 bits per heavy atom. The van der Waals surface area contributed by atoms with Crippen molar-refractivity contribution in [3.63, 3.8) is 0 Å². The first-order valence-corrected chi connectivity index (χ1v) is 8.76. The van der Waals surface area contributed by atoms with E-state index in [4.69, 9.17) is 11.6 Å². The van der Waals surface area contributed by atoms with Gasteiger partial charge in [-0.05, 0) is 43.5 Å². The zero-order valence-corrected chi connectivity index (χ0v) is 13.9. The third-order valence-corrected chi connectivity index (χ3v) is 5.46. The predicted octanol–water partition coefficient (Wildman–Crippen LogP) is 2.85. The second-order valence-electron chi connectivity index (χ2n) is 6.50. The predicted molar refractivity (Wildman–Crippen MR) is 91.9 cm³/mol. The van der Waals surface area contributed by atoms with Crippen LogP contribution < -0.4 is 4.90 Å². The minimum absolute atomic E-state index is 0.525. The van der Waals surface area contributed by atoms with Crippen molar-refractivity contribution in [2.24, 2.45) is 0 Å². The van der Waals surface area contributed by atoms with E-state index in [1.54, 1.807) is 6.33 Å². The van der Waals surface area contributed by atoms with E-state index < -0.39 is 0 Å². The number of piperazine rings is 1. The van der Waals surface area contributed by atoms with Crippen LogP contribution in [0.4, 0.5) is 5.69 Å². The van der Waals surface area contributed by atoms with Crippen LogP contribution in [0.25, 0.3) is 0 Å². The highest BCUT2D eigenvalue weighted by Gasteiger charge is 2.32. The van der Waals surface area contributed by atoms with Gasteiger partial charge in [0.1, 0.15) is 12.7 Å². The van der Waals surface area contributed by atoms with E-state index in [0.717, 1.165) is 31.2 Å². The fourth-order valence-electron chi connectivity index (χ4n) is 3.91. The van der Waals surface area contributed by atoms with Crippen LogP contribution in [0.15, 0.2) is 36.9 Å². The lowest BCUT2D eigenvalue weighted by Gasteiger charge is -2.39. The second kappa shape index (κ2) is 6.49. The molecule has 1 aromatic carbocycles. The van der Waals surface area contributed by atoms with Crippen LogP contribution in [0, 0.1) is 0 Å². The fraction of sp³-hybridized carbons (Fsp3) is 0.529. The molecular formula is C17H22ClN5. The Labute approximate surface area is 141 Å². The molecule has 23 heavy (non-hydrogen) atoms. The smallest absolute Gasteiger partial charge is 0.137 e. The van der Waals surface area contributed by atoms with Crippen LogP contribution in [0.5, 0.6) is 0 Å². The highest BCUT2D eigenvalue weighted by molar-refractivity contribution is 6.30. The lowest BCUT2D eigenvalue weighted by Crippen LogP contribution is -2.49. The van der Waals surface area contributed by atoms with Gasteiger partial charge in [-0.3, -0.25) is 4.90 Å². The number of aromatic nitrogens is 3. The maximum absolute atomic E-state index is 5.98. The molecule has 0 N–H and O–H groups in total. The molecule has 0 amide bonds. The molecule has 6 heteroatoms. The number of rotatable bonds is 3. The molecule has 5 nitrogen and oxygen atoms in total. The molecule has 1 aliphatic carbocycles. The van der Waals surface area contributed by atoms with Gasteiger partial charge in [-0.15, -0.1) is 0 Å². The minimum atomic E-state index is 0.525. The average molecular weight is 332 g/mol. The van der Waals surface area contributed by atoms with Gasteiger partial charge in [-0.25, -0.2) is 9.67 Å². The Hall–Kier alpha value is -1.59. The first-order valence-electron chi connectivity index (χ1n) is 8.38. The van der Waals surface area contributed by atoms with Gasteiger partial charge in [0.25, 0.3) is 0 Å². The Kier molecular flexibility index (Phi) is 4.23. The topological polar surface area (TPSA) is 37.2 Å². The molecule has 4 rings (SSSR count). The van der Waals surface area contributed by atoms with Crippen LogP contribution in [0.2, 0.25) is 5.02 Å². The summed E-state index contributed by atoms with van der Waals surface area (Å²) in [5.41, 5.74) is 1.28. The van der Waals surface area contributed by atoms with E-state index >= 15 is 0 Å². The molecule has 0 bridgehead atoms. The van der Waals surface area contributed by atoms with Gasteiger partial charge in [-0.1, -0.05) is 11.6 Å². The van der Waals surface area contributed by atoms with Crippen LogP contribution in [-0.2, 0) is 0 Å². The van der Waals surface area contributed by atoms with Gasteiger partial charge >= 0.3 is 0 Å². The van der Waals surface area contributed by atoms with Crippen molar-refractivity contribution in [3.05, 3.63) is 41.9 Å². The summed E-state index contributed by atoms with van der Waals surface area (Å²) < 4.78 is 2.03.